The molecule has 140 valence electrons. The number of amidine groups is 1. The average Bonchev–Trinajstić information content (AvgIpc) is 2.60. The predicted molar refractivity (Wildman–Crippen MR) is 98.3 cm³/mol. The highest BCUT2D eigenvalue weighted by atomic mass is 32.2. The first kappa shape index (κ1) is 20.0. The predicted octanol–water partition coefficient (Wildman–Crippen LogP) is 4.86. The molecule has 0 fully saturated rings. The third-order valence-corrected chi connectivity index (χ3v) is 3.93. The van der Waals surface area contributed by atoms with Gasteiger partial charge in [0.05, 0.1) is 24.5 Å². The Morgan fingerprint density at radius 1 is 1.04 bits per heavy atom. The third-order valence-electron chi connectivity index (χ3n) is 3.18. The van der Waals surface area contributed by atoms with Gasteiger partial charge in [-0.2, -0.15) is 13.2 Å². The topological polar surface area (TPSA) is 56.8 Å². The Hall–Kier alpha value is -2.35. The number of rotatable bonds is 7. The minimum atomic E-state index is -4.47. The van der Waals surface area contributed by atoms with Gasteiger partial charge in [0.25, 0.3) is 0 Å². The van der Waals surface area contributed by atoms with Crippen LogP contribution < -0.4 is 15.2 Å². The molecule has 0 aromatic heterocycles. The summed E-state index contributed by atoms with van der Waals surface area (Å²) in [5, 5.41) is 0.0528. The first-order valence-corrected chi connectivity index (χ1v) is 8.87. The lowest BCUT2D eigenvalue weighted by molar-refractivity contribution is -0.137. The number of aliphatic imine (C=N–C) groups is 1. The summed E-state index contributed by atoms with van der Waals surface area (Å²) < 4.78 is 49.7. The number of halogens is 3. The normalized spacial score (nSPS) is 12.1. The van der Waals surface area contributed by atoms with Crippen molar-refractivity contribution in [2.45, 2.75) is 13.1 Å². The molecule has 0 radical (unpaired) electrons. The van der Waals surface area contributed by atoms with Crippen LogP contribution in [0.1, 0.15) is 12.5 Å². The number of para-hydroxylation sites is 1. The van der Waals surface area contributed by atoms with Crippen LogP contribution in [0.4, 0.5) is 18.9 Å². The second-order valence-electron chi connectivity index (χ2n) is 5.07. The smallest absolute Gasteiger partial charge is 0.418 e. The summed E-state index contributed by atoms with van der Waals surface area (Å²) in [5.74, 6) is 1.89. The summed E-state index contributed by atoms with van der Waals surface area (Å²) >= 11 is 1.13. The molecule has 26 heavy (non-hydrogen) atoms. The molecular formula is C18H19F3N2O2S. The number of nitrogens with zero attached hydrogens (tertiary/aromatic N) is 1. The van der Waals surface area contributed by atoms with Gasteiger partial charge in [-0.1, -0.05) is 23.9 Å². The van der Waals surface area contributed by atoms with Crippen molar-refractivity contribution in [2.24, 2.45) is 10.7 Å². The van der Waals surface area contributed by atoms with Crippen molar-refractivity contribution in [2.75, 3.05) is 19.0 Å². The van der Waals surface area contributed by atoms with E-state index in [4.69, 9.17) is 15.2 Å². The summed E-state index contributed by atoms with van der Waals surface area (Å²) in [5.41, 5.74) is 4.72. The SMILES string of the molecule is CCOc1ccc(OCCSC(N)=Nc2ccccc2C(F)(F)F)cc1. The lowest BCUT2D eigenvalue weighted by Crippen LogP contribution is -2.11. The van der Waals surface area contributed by atoms with E-state index in [1.54, 1.807) is 24.3 Å². The lowest BCUT2D eigenvalue weighted by Gasteiger charge is -2.10. The molecular weight excluding hydrogens is 365 g/mol. The van der Waals surface area contributed by atoms with Gasteiger partial charge in [-0.15, -0.1) is 0 Å². The van der Waals surface area contributed by atoms with E-state index in [-0.39, 0.29) is 10.9 Å². The molecule has 0 bridgehead atoms. The molecule has 8 heteroatoms. The fourth-order valence-electron chi connectivity index (χ4n) is 2.07. The Balaban J connectivity index is 1.85. The van der Waals surface area contributed by atoms with E-state index in [0.29, 0.717) is 24.7 Å². The second kappa shape index (κ2) is 9.38. The van der Waals surface area contributed by atoms with E-state index in [1.165, 1.54) is 18.2 Å². The first-order valence-electron chi connectivity index (χ1n) is 7.89. The Morgan fingerprint density at radius 2 is 1.65 bits per heavy atom. The number of hydrogen-bond acceptors (Lipinski definition) is 4. The second-order valence-corrected chi connectivity index (χ2v) is 6.18. The fraction of sp³-hybridized carbons (Fsp3) is 0.278. The summed E-state index contributed by atoms with van der Waals surface area (Å²) in [6.07, 6.45) is -4.47. The van der Waals surface area contributed by atoms with E-state index in [1.807, 2.05) is 6.92 Å². The average molecular weight is 384 g/mol. The van der Waals surface area contributed by atoms with E-state index in [0.717, 1.165) is 23.6 Å². The zero-order valence-corrected chi connectivity index (χ0v) is 14.9. The van der Waals surface area contributed by atoms with Crippen molar-refractivity contribution < 1.29 is 22.6 Å². The molecule has 2 aromatic rings. The van der Waals surface area contributed by atoms with Crippen LogP contribution in [0.25, 0.3) is 0 Å². The van der Waals surface area contributed by atoms with Crippen molar-refractivity contribution in [1.82, 2.24) is 0 Å². The number of nitrogens with two attached hydrogens (primary N) is 1. The Morgan fingerprint density at radius 3 is 2.27 bits per heavy atom. The van der Waals surface area contributed by atoms with Gasteiger partial charge in [-0.3, -0.25) is 0 Å². The van der Waals surface area contributed by atoms with Gasteiger partial charge < -0.3 is 15.2 Å². The Labute approximate surface area is 154 Å². The van der Waals surface area contributed by atoms with Crippen LogP contribution in [0, 0.1) is 0 Å². The van der Waals surface area contributed by atoms with Crippen LogP contribution in [0.2, 0.25) is 0 Å². The third kappa shape index (κ3) is 6.18. The minimum Gasteiger partial charge on any atom is -0.494 e. The molecule has 0 aliphatic rings. The minimum absolute atomic E-state index is 0.0528. The molecule has 0 saturated heterocycles. The van der Waals surface area contributed by atoms with Gasteiger partial charge >= 0.3 is 6.18 Å². The van der Waals surface area contributed by atoms with Crippen LogP contribution in [0.15, 0.2) is 53.5 Å². The maximum absolute atomic E-state index is 12.9. The molecule has 4 nitrogen and oxygen atoms in total. The largest absolute Gasteiger partial charge is 0.494 e. The lowest BCUT2D eigenvalue weighted by atomic mass is 10.2. The molecule has 2 rings (SSSR count). The van der Waals surface area contributed by atoms with Crippen LogP contribution >= 0.6 is 11.8 Å². The number of thioether (sulfide) groups is 1. The zero-order valence-electron chi connectivity index (χ0n) is 14.1. The van der Waals surface area contributed by atoms with E-state index < -0.39 is 11.7 Å². The molecule has 0 spiro atoms. The molecule has 0 aliphatic heterocycles. The number of alkyl halides is 3. The quantitative estimate of drug-likeness (QED) is 0.421. The van der Waals surface area contributed by atoms with Gasteiger partial charge in [0.2, 0.25) is 0 Å². The highest BCUT2D eigenvalue weighted by Gasteiger charge is 2.33. The molecule has 0 heterocycles. The molecule has 2 aromatic carbocycles. The number of hydrogen-bond donors (Lipinski definition) is 1. The van der Waals surface area contributed by atoms with Crippen LogP contribution in [0.5, 0.6) is 11.5 Å². The number of ether oxygens (including phenoxy) is 2. The summed E-state index contributed by atoms with van der Waals surface area (Å²) in [4.78, 5) is 3.87. The Kier molecular flexibility index (Phi) is 7.20. The highest BCUT2D eigenvalue weighted by Crippen LogP contribution is 2.36. The maximum Gasteiger partial charge on any atom is 0.418 e. The van der Waals surface area contributed by atoms with E-state index in [2.05, 4.69) is 4.99 Å². The standard InChI is InChI=1S/C18H19F3N2O2S/c1-2-24-13-7-9-14(10-8-13)25-11-12-26-17(22)23-16-6-4-3-5-15(16)18(19,20)21/h3-10H,2,11-12H2,1H3,(H2,22,23). The molecule has 0 saturated carbocycles. The van der Waals surface area contributed by atoms with Crippen molar-refractivity contribution >= 4 is 22.6 Å². The van der Waals surface area contributed by atoms with Crippen LogP contribution in [-0.4, -0.2) is 24.1 Å². The number of benzene rings is 2. The highest BCUT2D eigenvalue weighted by molar-refractivity contribution is 8.13. The molecule has 2 N–H and O–H groups in total. The Bertz CT molecular complexity index is 734. The van der Waals surface area contributed by atoms with Gasteiger partial charge in [-0.05, 0) is 43.3 Å². The maximum atomic E-state index is 12.9. The van der Waals surface area contributed by atoms with Crippen LogP contribution in [-0.2, 0) is 6.18 Å². The summed E-state index contributed by atoms with van der Waals surface area (Å²) in [6.45, 7) is 2.84. The van der Waals surface area contributed by atoms with E-state index in [9.17, 15) is 13.2 Å². The van der Waals surface area contributed by atoms with Gasteiger partial charge in [0, 0.05) is 5.75 Å². The van der Waals surface area contributed by atoms with Crippen molar-refractivity contribution in [3.05, 3.63) is 54.1 Å². The molecule has 0 aliphatic carbocycles. The van der Waals surface area contributed by atoms with Gasteiger partial charge in [0.15, 0.2) is 5.17 Å². The van der Waals surface area contributed by atoms with Crippen LogP contribution in [0.3, 0.4) is 0 Å². The zero-order chi connectivity index (χ0) is 19.0. The molecule has 0 amide bonds. The van der Waals surface area contributed by atoms with Gasteiger partial charge in [0.1, 0.15) is 11.5 Å². The molecule has 0 unspecified atom stereocenters. The van der Waals surface area contributed by atoms with Crippen molar-refractivity contribution in [3.8, 4) is 11.5 Å². The monoisotopic (exact) mass is 384 g/mol. The van der Waals surface area contributed by atoms with Gasteiger partial charge in [-0.25, -0.2) is 4.99 Å². The van der Waals surface area contributed by atoms with Crippen molar-refractivity contribution in [1.29, 1.82) is 0 Å². The van der Waals surface area contributed by atoms with Crippen molar-refractivity contribution in [3.63, 3.8) is 0 Å². The van der Waals surface area contributed by atoms with E-state index >= 15 is 0 Å². The first-order chi connectivity index (χ1) is 12.4. The summed E-state index contributed by atoms with van der Waals surface area (Å²) in [7, 11) is 0. The fourth-order valence-corrected chi connectivity index (χ4v) is 2.61. The summed E-state index contributed by atoms with van der Waals surface area (Å²) in [6, 6.07) is 12.2. The molecule has 0 atom stereocenters.